The largest absolute Gasteiger partial charge is 0.360 e. The zero-order valence-corrected chi connectivity index (χ0v) is 17.7. The lowest BCUT2D eigenvalue weighted by Crippen LogP contribution is -2.31. The Kier molecular flexibility index (Phi) is 7.05. The second kappa shape index (κ2) is 9.51. The van der Waals surface area contributed by atoms with Crippen molar-refractivity contribution >= 4 is 15.9 Å². The molecule has 0 aliphatic carbocycles. The topological polar surface area (TPSA) is 105 Å². The van der Waals surface area contributed by atoms with Gasteiger partial charge in [0.1, 0.15) is 10.6 Å². The van der Waals surface area contributed by atoms with Gasteiger partial charge in [-0.1, -0.05) is 29.4 Å². The minimum atomic E-state index is -3.75. The number of carbonyl (C=O) groups is 1. The third kappa shape index (κ3) is 5.65. The summed E-state index contributed by atoms with van der Waals surface area (Å²) in [6.07, 6.45) is 2.53. The first-order valence-electron chi connectivity index (χ1n) is 9.85. The lowest BCUT2D eigenvalue weighted by atomic mass is 10.1. The SMILES string of the molecule is Cc1noc(C)c1S(=O)(=O)NCCC(=O)NCc1ccccc1CN1CCCC1. The van der Waals surface area contributed by atoms with Crippen molar-refractivity contribution in [3.05, 3.63) is 46.8 Å². The minimum absolute atomic E-state index is 0.00759. The van der Waals surface area contributed by atoms with Gasteiger partial charge in [-0.3, -0.25) is 9.69 Å². The molecule has 2 heterocycles. The van der Waals surface area contributed by atoms with Gasteiger partial charge in [-0.25, -0.2) is 13.1 Å². The molecule has 1 amide bonds. The van der Waals surface area contributed by atoms with E-state index < -0.39 is 10.0 Å². The molecule has 9 heteroatoms. The molecule has 0 bridgehead atoms. The fraction of sp³-hybridized carbons (Fsp3) is 0.500. The monoisotopic (exact) mass is 420 g/mol. The second-order valence-electron chi connectivity index (χ2n) is 7.33. The van der Waals surface area contributed by atoms with Crippen LogP contribution in [-0.2, 0) is 27.9 Å². The Hall–Kier alpha value is -2.23. The van der Waals surface area contributed by atoms with Crippen LogP contribution < -0.4 is 10.0 Å². The van der Waals surface area contributed by atoms with Gasteiger partial charge in [-0.05, 0) is 50.9 Å². The van der Waals surface area contributed by atoms with Gasteiger partial charge in [-0.15, -0.1) is 0 Å². The summed E-state index contributed by atoms with van der Waals surface area (Å²) in [4.78, 5) is 14.6. The summed E-state index contributed by atoms with van der Waals surface area (Å²) in [6.45, 7) is 6.67. The Morgan fingerprint density at radius 3 is 2.52 bits per heavy atom. The number of hydrogen-bond acceptors (Lipinski definition) is 6. The van der Waals surface area contributed by atoms with Crippen LogP contribution in [0.25, 0.3) is 0 Å². The molecule has 1 aliphatic rings. The van der Waals surface area contributed by atoms with Crippen molar-refractivity contribution < 1.29 is 17.7 Å². The van der Waals surface area contributed by atoms with Crippen molar-refractivity contribution in [3.63, 3.8) is 0 Å². The van der Waals surface area contributed by atoms with Crippen LogP contribution in [0.5, 0.6) is 0 Å². The first-order chi connectivity index (χ1) is 13.9. The molecule has 8 nitrogen and oxygen atoms in total. The number of aromatic nitrogens is 1. The Morgan fingerprint density at radius 1 is 1.17 bits per heavy atom. The maximum absolute atomic E-state index is 12.4. The van der Waals surface area contributed by atoms with Gasteiger partial charge in [-0.2, -0.15) is 0 Å². The average molecular weight is 421 g/mol. The van der Waals surface area contributed by atoms with Crippen molar-refractivity contribution in [1.29, 1.82) is 0 Å². The summed E-state index contributed by atoms with van der Waals surface area (Å²) in [7, 11) is -3.75. The molecule has 1 aromatic heterocycles. The minimum Gasteiger partial charge on any atom is -0.360 e. The van der Waals surface area contributed by atoms with Gasteiger partial charge >= 0.3 is 0 Å². The number of carbonyl (C=O) groups excluding carboxylic acids is 1. The third-order valence-electron chi connectivity index (χ3n) is 5.07. The van der Waals surface area contributed by atoms with Crippen molar-refractivity contribution in [2.24, 2.45) is 0 Å². The molecule has 0 radical (unpaired) electrons. The number of rotatable bonds is 9. The molecule has 3 rings (SSSR count). The molecule has 1 aromatic carbocycles. The molecular formula is C20H28N4O4S. The highest BCUT2D eigenvalue weighted by Gasteiger charge is 2.23. The van der Waals surface area contributed by atoms with Crippen LogP contribution >= 0.6 is 0 Å². The van der Waals surface area contributed by atoms with Crippen LogP contribution in [-0.4, -0.2) is 44.0 Å². The summed E-state index contributed by atoms with van der Waals surface area (Å²) in [5.41, 5.74) is 2.60. The molecule has 1 fully saturated rings. The van der Waals surface area contributed by atoms with Crippen LogP contribution in [0.2, 0.25) is 0 Å². The quantitative estimate of drug-likeness (QED) is 0.642. The number of nitrogens with one attached hydrogen (secondary N) is 2. The summed E-state index contributed by atoms with van der Waals surface area (Å²) in [5.74, 6) is 0.0245. The van der Waals surface area contributed by atoms with E-state index in [1.54, 1.807) is 13.8 Å². The van der Waals surface area contributed by atoms with E-state index in [4.69, 9.17) is 4.52 Å². The summed E-state index contributed by atoms with van der Waals surface area (Å²) < 4.78 is 32.1. The van der Waals surface area contributed by atoms with E-state index in [-0.39, 0.29) is 29.5 Å². The molecule has 0 saturated carbocycles. The van der Waals surface area contributed by atoms with E-state index in [1.165, 1.54) is 18.4 Å². The first-order valence-corrected chi connectivity index (χ1v) is 11.3. The molecule has 0 unspecified atom stereocenters. The predicted octanol–water partition coefficient (Wildman–Crippen LogP) is 1.87. The highest BCUT2D eigenvalue weighted by molar-refractivity contribution is 7.89. The van der Waals surface area contributed by atoms with Gasteiger partial charge in [0.05, 0.1) is 0 Å². The highest BCUT2D eigenvalue weighted by atomic mass is 32.2. The molecule has 2 aromatic rings. The molecule has 0 atom stereocenters. The van der Waals surface area contributed by atoms with E-state index in [9.17, 15) is 13.2 Å². The van der Waals surface area contributed by atoms with Crippen LogP contribution in [0.3, 0.4) is 0 Å². The fourth-order valence-electron chi connectivity index (χ4n) is 3.58. The third-order valence-corrected chi connectivity index (χ3v) is 6.77. The highest BCUT2D eigenvalue weighted by Crippen LogP contribution is 2.18. The van der Waals surface area contributed by atoms with E-state index in [0.717, 1.165) is 25.2 Å². The van der Waals surface area contributed by atoms with Crippen molar-refractivity contribution in [2.45, 2.75) is 51.1 Å². The maximum atomic E-state index is 12.4. The van der Waals surface area contributed by atoms with E-state index in [1.807, 2.05) is 18.2 Å². The van der Waals surface area contributed by atoms with Crippen molar-refractivity contribution in [1.82, 2.24) is 20.1 Å². The number of aryl methyl sites for hydroxylation is 2. The number of hydrogen-bond donors (Lipinski definition) is 2. The fourth-order valence-corrected chi connectivity index (χ4v) is 4.93. The Morgan fingerprint density at radius 2 is 1.86 bits per heavy atom. The first kappa shape index (κ1) is 21.5. The normalized spacial score (nSPS) is 15.0. The zero-order chi connectivity index (χ0) is 20.9. The molecule has 29 heavy (non-hydrogen) atoms. The lowest BCUT2D eigenvalue weighted by Gasteiger charge is -2.17. The van der Waals surface area contributed by atoms with Crippen LogP contribution in [0.15, 0.2) is 33.7 Å². The Bertz CT molecular complexity index is 930. The van der Waals surface area contributed by atoms with E-state index in [2.05, 4.69) is 26.2 Å². The van der Waals surface area contributed by atoms with Crippen LogP contribution in [0.1, 0.15) is 41.8 Å². The summed E-state index contributed by atoms with van der Waals surface area (Å²) >= 11 is 0. The van der Waals surface area contributed by atoms with Crippen LogP contribution in [0.4, 0.5) is 0 Å². The molecule has 0 spiro atoms. The van der Waals surface area contributed by atoms with Crippen molar-refractivity contribution in [3.8, 4) is 0 Å². The second-order valence-corrected chi connectivity index (χ2v) is 9.03. The average Bonchev–Trinajstić information content (AvgIpc) is 3.30. The van der Waals surface area contributed by atoms with Gasteiger partial charge in [0.25, 0.3) is 0 Å². The van der Waals surface area contributed by atoms with Gasteiger partial charge in [0.15, 0.2) is 5.76 Å². The number of sulfonamides is 1. The summed E-state index contributed by atoms with van der Waals surface area (Å²) in [5, 5.41) is 6.54. The lowest BCUT2D eigenvalue weighted by molar-refractivity contribution is -0.121. The van der Waals surface area contributed by atoms with E-state index in [0.29, 0.717) is 12.2 Å². The molecule has 158 valence electrons. The summed E-state index contributed by atoms with van der Waals surface area (Å²) in [6, 6.07) is 8.09. The maximum Gasteiger partial charge on any atom is 0.245 e. The van der Waals surface area contributed by atoms with E-state index >= 15 is 0 Å². The Balaban J connectivity index is 1.48. The molecule has 1 aliphatic heterocycles. The predicted molar refractivity (Wildman–Crippen MR) is 109 cm³/mol. The van der Waals surface area contributed by atoms with Crippen LogP contribution in [0, 0.1) is 13.8 Å². The Labute approximate surface area is 171 Å². The standard InChI is InChI=1S/C20H28N4O4S/c1-15-20(16(2)28-23-15)29(26,27)22-10-9-19(25)21-13-17-7-3-4-8-18(17)14-24-11-5-6-12-24/h3-4,7-8,22H,5-6,9-14H2,1-2H3,(H,21,25). The number of nitrogens with zero attached hydrogens (tertiary/aromatic N) is 2. The number of likely N-dealkylation sites (tertiary alicyclic amines) is 1. The number of amides is 1. The molecular weight excluding hydrogens is 392 g/mol. The van der Waals surface area contributed by atoms with Gasteiger partial charge in [0.2, 0.25) is 15.9 Å². The number of benzene rings is 1. The van der Waals surface area contributed by atoms with Gasteiger partial charge in [0, 0.05) is 26.1 Å². The zero-order valence-electron chi connectivity index (χ0n) is 16.9. The van der Waals surface area contributed by atoms with Crippen molar-refractivity contribution in [2.75, 3.05) is 19.6 Å². The molecule has 2 N–H and O–H groups in total. The van der Waals surface area contributed by atoms with Gasteiger partial charge < -0.3 is 9.84 Å². The smallest absolute Gasteiger partial charge is 0.245 e. The molecule has 1 saturated heterocycles.